The van der Waals surface area contributed by atoms with Gasteiger partial charge in [0.05, 0.1) is 5.69 Å². The Morgan fingerprint density at radius 1 is 1.73 bits per heavy atom. The second-order valence-electron chi connectivity index (χ2n) is 1.76. The number of nitrogens with one attached hydrogen (secondary N) is 1. The van der Waals surface area contributed by atoms with Crippen LogP contribution in [0.5, 0.6) is 0 Å². The highest BCUT2D eigenvalue weighted by atomic mass is 79.9. The zero-order chi connectivity index (χ0) is 8.43. The van der Waals surface area contributed by atoms with E-state index >= 15 is 0 Å². The first-order chi connectivity index (χ1) is 5.15. The molecule has 0 aromatic carbocycles. The van der Waals surface area contributed by atoms with Crippen molar-refractivity contribution in [3.63, 3.8) is 0 Å². The maximum atomic E-state index is 10.7. The number of halogens is 1. The van der Waals surface area contributed by atoms with Crippen molar-refractivity contribution in [2.45, 2.75) is 5.33 Å². The first-order valence-electron chi connectivity index (χ1n) is 2.66. The molecule has 0 saturated carbocycles. The molecule has 11 heavy (non-hydrogen) atoms. The van der Waals surface area contributed by atoms with Gasteiger partial charge in [0.15, 0.2) is 0 Å². The number of carboxylic acids is 1. The molecule has 2 N–H and O–H groups in total. The summed E-state index contributed by atoms with van der Waals surface area (Å²) in [5.41, 5.74) is 0.424. The third-order valence-electron chi connectivity index (χ3n) is 1.05. The minimum atomic E-state index is -1.07. The van der Waals surface area contributed by atoms with E-state index < -0.39 is 5.97 Å². The lowest BCUT2D eigenvalue weighted by atomic mass is 10.4. The van der Waals surface area contributed by atoms with Gasteiger partial charge in [-0.2, -0.15) is 0 Å². The Balaban J connectivity index is 3.23. The molecule has 1 aromatic heterocycles. The number of carboxylic acid groups (broad SMARTS) is 1. The normalized spacial score (nSPS) is 9.91. The van der Waals surface area contributed by atoms with Gasteiger partial charge in [-0.25, -0.2) is 4.79 Å². The van der Waals surface area contributed by atoms with Crippen LogP contribution < -0.4 is 4.87 Å². The number of alkyl halides is 1. The third-order valence-corrected chi connectivity index (χ3v) is 2.52. The minimum absolute atomic E-state index is 0.0758. The molecule has 4 nitrogen and oxygen atoms in total. The lowest BCUT2D eigenvalue weighted by Gasteiger charge is -1.89. The molecule has 0 aliphatic carbocycles. The first kappa shape index (κ1) is 8.48. The van der Waals surface area contributed by atoms with Gasteiger partial charge in [0.2, 0.25) is 0 Å². The maximum Gasteiger partial charge on any atom is 0.347 e. The Hall–Kier alpha value is -0.620. The molecule has 0 atom stereocenters. The lowest BCUT2D eigenvalue weighted by molar-refractivity contribution is 0.0701. The van der Waals surface area contributed by atoms with Crippen LogP contribution in [0.25, 0.3) is 0 Å². The topological polar surface area (TPSA) is 70.2 Å². The highest BCUT2D eigenvalue weighted by molar-refractivity contribution is 9.08. The molecule has 0 radical (unpaired) electrons. The van der Waals surface area contributed by atoms with Crippen LogP contribution >= 0.6 is 27.3 Å². The molecule has 0 spiro atoms. The van der Waals surface area contributed by atoms with Crippen LogP contribution in [0.1, 0.15) is 15.4 Å². The molecule has 0 aliphatic heterocycles. The molecule has 0 fully saturated rings. The van der Waals surface area contributed by atoms with Gasteiger partial charge in [-0.05, 0) is 0 Å². The fourth-order valence-corrected chi connectivity index (χ4v) is 1.93. The van der Waals surface area contributed by atoms with Crippen LogP contribution in [-0.2, 0) is 5.33 Å². The predicted octanol–water partition coefficient (Wildman–Crippen LogP) is 1.03. The molecule has 0 unspecified atom stereocenters. The van der Waals surface area contributed by atoms with E-state index in [1.165, 1.54) is 0 Å². The monoisotopic (exact) mass is 237 g/mol. The summed E-state index contributed by atoms with van der Waals surface area (Å²) < 4.78 is 0. The van der Waals surface area contributed by atoms with Crippen molar-refractivity contribution in [3.8, 4) is 0 Å². The van der Waals surface area contributed by atoms with E-state index in [1.54, 1.807) is 0 Å². The highest BCUT2D eigenvalue weighted by Gasteiger charge is 2.12. The summed E-state index contributed by atoms with van der Waals surface area (Å²) in [5, 5.41) is 8.90. The van der Waals surface area contributed by atoms with E-state index in [0.717, 1.165) is 0 Å². The fraction of sp³-hybridized carbons (Fsp3) is 0.200. The van der Waals surface area contributed by atoms with Gasteiger partial charge in [-0.1, -0.05) is 27.3 Å². The van der Waals surface area contributed by atoms with Crippen molar-refractivity contribution in [2.75, 3.05) is 0 Å². The van der Waals surface area contributed by atoms with Gasteiger partial charge >= 0.3 is 10.8 Å². The largest absolute Gasteiger partial charge is 0.477 e. The quantitative estimate of drug-likeness (QED) is 0.756. The molecule has 60 valence electrons. The van der Waals surface area contributed by atoms with Gasteiger partial charge in [-0.3, -0.25) is 4.79 Å². The van der Waals surface area contributed by atoms with Crippen molar-refractivity contribution in [1.82, 2.24) is 4.98 Å². The summed E-state index contributed by atoms with van der Waals surface area (Å²) in [4.78, 5) is 23.2. The number of rotatable bonds is 2. The zero-order valence-corrected chi connectivity index (χ0v) is 7.66. The van der Waals surface area contributed by atoms with Crippen LogP contribution in [-0.4, -0.2) is 16.1 Å². The van der Waals surface area contributed by atoms with E-state index in [1.807, 2.05) is 0 Å². The van der Waals surface area contributed by atoms with Crippen molar-refractivity contribution < 1.29 is 9.90 Å². The van der Waals surface area contributed by atoms with Crippen LogP contribution in [0.3, 0.4) is 0 Å². The average molecular weight is 238 g/mol. The molecule has 0 aliphatic rings. The highest BCUT2D eigenvalue weighted by Crippen LogP contribution is 2.11. The van der Waals surface area contributed by atoms with Crippen LogP contribution in [0.15, 0.2) is 4.79 Å². The maximum absolute atomic E-state index is 10.7. The van der Waals surface area contributed by atoms with E-state index in [2.05, 4.69) is 20.9 Å². The van der Waals surface area contributed by atoms with Crippen molar-refractivity contribution in [3.05, 3.63) is 20.2 Å². The summed E-state index contributed by atoms with van der Waals surface area (Å²) in [6.45, 7) is 0. The second kappa shape index (κ2) is 3.19. The van der Waals surface area contributed by atoms with Crippen LogP contribution in [0.2, 0.25) is 0 Å². The van der Waals surface area contributed by atoms with Crippen molar-refractivity contribution in [2.24, 2.45) is 0 Å². The van der Waals surface area contributed by atoms with E-state index in [0.29, 0.717) is 22.4 Å². The number of aromatic nitrogens is 1. The summed E-state index contributed by atoms with van der Waals surface area (Å²) in [6, 6.07) is 0. The number of hydrogen-bond acceptors (Lipinski definition) is 3. The van der Waals surface area contributed by atoms with Crippen molar-refractivity contribution in [1.29, 1.82) is 0 Å². The van der Waals surface area contributed by atoms with Gasteiger partial charge in [-0.15, -0.1) is 0 Å². The molecule has 0 amide bonds. The summed E-state index contributed by atoms with van der Waals surface area (Å²) in [5.74, 6) is -1.07. The number of aromatic carboxylic acids is 1. The minimum Gasteiger partial charge on any atom is -0.477 e. The molecule has 1 rings (SSSR count). The number of thiazole rings is 1. The smallest absolute Gasteiger partial charge is 0.347 e. The van der Waals surface area contributed by atoms with Gasteiger partial charge < -0.3 is 10.1 Å². The molecule has 6 heteroatoms. The third kappa shape index (κ3) is 1.69. The Labute approximate surface area is 74.0 Å². The molecule has 0 bridgehead atoms. The molecular weight excluding hydrogens is 234 g/mol. The Morgan fingerprint density at radius 3 is 2.73 bits per heavy atom. The van der Waals surface area contributed by atoms with Crippen LogP contribution in [0, 0.1) is 0 Å². The van der Waals surface area contributed by atoms with E-state index in [4.69, 9.17) is 5.11 Å². The molecule has 0 saturated heterocycles. The van der Waals surface area contributed by atoms with Gasteiger partial charge in [0, 0.05) is 5.33 Å². The molecule has 1 heterocycles. The first-order valence-corrected chi connectivity index (χ1v) is 4.60. The van der Waals surface area contributed by atoms with Crippen molar-refractivity contribution >= 4 is 33.2 Å². The lowest BCUT2D eigenvalue weighted by Crippen LogP contribution is -1.96. The van der Waals surface area contributed by atoms with E-state index in [9.17, 15) is 9.59 Å². The molecular formula is C5H4BrNO3S. The van der Waals surface area contributed by atoms with Gasteiger partial charge in [0.25, 0.3) is 0 Å². The summed E-state index contributed by atoms with van der Waals surface area (Å²) >= 11 is 3.77. The average Bonchev–Trinajstić information content (AvgIpc) is 2.30. The Bertz CT molecular complexity index is 329. The number of carbonyl (C=O) groups is 1. The van der Waals surface area contributed by atoms with E-state index in [-0.39, 0.29) is 9.75 Å². The standard InChI is InChI=1S/C5H4BrNO3S/c6-1-2-3(4(8)9)11-5(10)7-2/h1H2,(H,7,10)(H,8,9). The number of H-pyrrole nitrogens is 1. The summed E-state index contributed by atoms with van der Waals surface area (Å²) in [6.07, 6.45) is 0. The number of hydrogen-bond donors (Lipinski definition) is 2. The van der Waals surface area contributed by atoms with Crippen LogP contribution in [0.4, 0.5) is 0 Å². The summed E-state index contributed by atoms with van der Waals surface area (Å²) in [7, 11) is 0. The predicted molar refractivity (Wildman–Crippen MR) is 44.5 cm³/mol. The Morgan fingerprint density at radius 2 is 2.36 bits per heavy atom. The molecule has 1 aromatic rings. The Kier molecular flexibility index (Phi) is 2.45. The fourth-order valence-electron chi connectivity index (χ4n) is 0.627. The SMILES string of the molecule is O=C(O)c1sc(=O)[nH]c1CBr. The van der Waals surface area contributed by atoms with Gasteiger partial charge in [0.1, 0.15) is 4.88 Å². The zero-order valence-electron chi connectivity index (χ0n) is 5.26. The number of aromatic amines is 1. The second-order valence-corrected chi connectivity index (χ2v) is 3.30.